The smallest absolute Gasteiger partial charge is 0.331 e. The summed E-state index contributed by atoms with van der Waals surface area (Å²) >= 11 is 0. The molecule has 1 aliphatic heterocycles. The number of hydrogen-bond donors (Lipinski definition) is 0. The fraction of sp³-hybridized carbons (Fsp3) is 0.524. The Hall–Kier alpha value is -2.35. The predicted octanol–water partition coefficient (Wildman–Crippen LogP) is 2.46. The average molecular weight is 424 g/mol. The summed E-state index contributed by atoms with van der Waals surface area (Å²) in [6.45, 7) is 5.76. The van der Waals surface area contributed by atoms with Gasteiger partial charge >= 0.3 is 5.97 Å². The van der Waals surface area contributed by atoms with Crippen LogP contribution >= 0.6 is 0 Å². The molecule has 0 unspecified atom stereocenters. The molecule has 1 fully saturated rings. The number of carbonyl (C=O) groups excluding carboxylic acids is 2. The van der Waals surface area contributed by atoms with E-state index in [-0.39, 0.29) is 29.5 Å². The summed E-state index contributed by atoms with van der Waals surface area (Å²) in [4.78, 5) is 26.3. The van der Waals surface area contributed by atoms with Crippen molar-refractivity contribution in [3.05, 3.63) is 35.9 Å². The summed E-state index contributed by atoms with van der Waals surface area (Å²) in [7, 11) is -3.12. The summed E-state index contributed by atoms with van der Waals surface area (Å²) in [5.74, 6) is -0.323. The zero-order chi connectivity index (χ0) is 21.4. The summed E-state index contributed by atoms with van der Waals surface area (Å²) in [5, 5.41) is 0. The van der Waals surface area contributed by atoms with Gasteiger partial charge in [-0.25, -0.2) is 13.2 Å². The van der Waals surface area contributed by atoms with Crippen molar-refractivity contribution in [3.63, 3.8) is 0 Å². The van der Waals surface area contributed by atoms with Crippen LogP contribution in [0.5, 0.6) is 5.75 Å². The maximum absolute atomic E-state index is 12.7. The number of hydrogen-bond acceptors (Lipinski definition) is 6. The molecule has 1 aliphatic rings. The molecule has 1 aromatic rings. The van der Waals surface area contributed by atoms with E-state index >= 15 is 0 Å². The zero-order valence-electron chi connectivity index (χ0n) is 17.2. The van der Waals surface area contributed by atoms with Gasteiger partial charge in [-0.15, -0.1) is 0 Å². The molecule has 2 atom stereocenters. The molecule has 0 aliphatic carbocycles. The van der Waals surface area contributed by atoms with Crippen LogP contribution in [0, 0.1) is 0 Å². The van der Waals surface area contributed by atoms with Gasteiger partial charge in [0.1, 0.15) is 5.75 Å². The number of ether oxygens (including phenoxy) is 2. The lowest BCUT2D eigenvalue weighted by atomic mass is 10.1. The minimum absolute atomic E-state index is 0.0366. The van der Waals surface area contributed by atoms with Crippen molar-refractivity contribution in [1.82, 2.24) is 4.90 Å². The van der Waals surface area contributed by atoms with Crippen molar-refractivity contribution in [2.45, 2.75) is 45.7 Å². The molecule has 2 rings (SSSR count). The highest BCUT2D eigenvalue weighted by Gasteiger charge is 2.36. The lowest BCUT2D eigenvalue weighted by Crippen LogP contribution is -2.48. The highest BCUT2D eigenvalue weighted by molar-refractivity contribution is 7.91. The molecule has 8 heteroatoms. The highest BCUT2D eigenvalue weighted by Crippen LogP contribution is 2.22. The van der Waals surface area contributed by atoms with Crippen molar-refractivity contribution in [2.75, 3.05) is 24.7 Å². The van der Waals surface area contributed by atoms with Gasteiger partial charge in [0.15, 0.2) is 16.4 Å². The normalized spacial score (nSPS) is 19.1. The minimum atomic E-state index is -3.12. The van der Waals surface area contributed by atoms with Crippen molar-refractivity contribution in [1.29, 1.82) is 0 Å². The van der Waals surface area contributed by atoms with Crippen LogP contribution in [-0.2, 0) is 24.2 Å². The Bertz CT molecular complexity index is 848. The third-order valence-electron chi connectivity index (χ3n) is 4.91. The number of esters is 1. The van der Waals surface area contributed by atoms with Gasteiger partial charge in [0.2, 0.25) is 0 Å². The van der Waals surface area contributed by atoms with E-state index in [2.05, 4.69) is 0 Å². The third kappa shape index (κ3) is 6.59. The van der Waals surface area contributed by atoms with Gasteiger partial charge in [0.05, 0.1) is 18.1 Å². The van der Waals surface area contributed by atoms with E-state index in [1.807, 2.05) is 39.0 Å². The highest BCUT2D eigenvalue weighted by atomic mass is 32.2. The zero-order valence-corrected chi connectivity index (χ0v) is 18.0. The van der Waals surface area contributed by atoms with Crippen molar-refractivity contribution in [2.24, 2.45) is 0 Å². The Morgan fingerprint density at radius 2 is 2.00 bits per heavy atom. The molecule has 0 saturated carbocycles. The van der Waals surface area contributed by atoms with E-state index in [1.165, 1.54) is 6.08 Å². The first-order chi connectivity index (χ1) is 13.8. The monoisotopic (exact) mass is 423 g/mol. The summed E-state index contributed by atoms with van der Waals surface area (Å²) in [6.07, 6.45) is 3.93. The standard InChI is InChI=1S/C21H29NO6S/c1-4-16(3)22(18-12-13-29(25,26)15-18)20(23)14-28-21(24)11-10-17-8-6-7-9-19(17)27-5-2/h6-11,16,18H,4-5,12-15H2,1-3H3/b11-10+/t16-,18+/m0/s1. The first kappa shape index (κ1) is 22.9. The first-order valence-electron chi connectivity index (χ1n) is 9.85. The average Bonchev–Trinajstić information content (AvgIpc) is 3.05. The molecule has 0 aromatic heterocycles. The molecule has 0 spiro atoms. The van der Waals surface area contributed by atoms with E-state index in [0.29, 0.717) is 25.2 Å². The summed E-state index contributed by atoms with van der Waals surface area (Å²) in [6, 6.07) is 6.79. The van der Waals surface area contributed by atoms with Gasteiger partial charge in [-0.3, -0.25) is 4.79 Å². The molecule has 160 valence electrons. The topological polar surface area (TPSA) is 90.0 Å². The number of rotatable bonds is 9. The van der Waals surface area contributed by atoms with Gasteiger partial charge in [-0.05, 0) is 38.8 Å². The van der Waals surface area contributed by atoms with E-state index in [4.69, 9.17) is 9.47 Å². The predicted molar refractivity (Wildman–Crippen MR) is 111 cm³/mol. The molecule has 0 N–H and O–H groups in total. The van der Waals surface area contributed by atoms with Crippen LogP contribution in [-0.4, -0.2) is 62.0 Å². The SMILES string of the molecule is CCOc1ccccc1/C=C/C(=O)OCC(=O)N([C@@H]1CCS(=O)(=O)C1)[C@@H](C)CC. The maximum Gasteiger partial charge on any atom is 0.331 e. The Labute approximate surface area is 172 Å². The maximum atomic E-state index is 12.7. The second-order valence-electron chi connectivity index (χ2n) is 7.03. The minimum Gasteiger partial charge on any atom is -0.493 e. The van der Waals surface area contributed by atoms with E-state index in [0.717, 1.165) is 5.56 Å². The number of benzene rings is 1. The number of para-hydroxylation sites is 1. The van der Waals surface area contributed by atoms with Crippen LogP contribution in [0.3, 0.4) is 0 Å². The van der Waals surface area contributed by atoms with Crippen molar-refractivity contribution < 1.29 is 27.5 Å². The molecule has 29 heavy (non-hydrogen) atoms. The second kappa shape index (κ2) is 10.4. The quantitative estimate of drug-likeness (QED) is 0.448. The Morgan fingerprint density at radius 3 is 2.62 bits per heavy atom. The molecule has 1 heterocycles. The molecule has 7 nitrogen and oxygen atoms in total. The number of carbonyl (C=O) groups is 2. The lowest BCUT2D eigenvalue weighted by molar-refractivity contribution is -0.150. The number of amides is 1. The van der Waals surface area contributed by atoms with E-state index in [9.17, 15) is 18.0 Å². The third-order valence-corrected chi connectivity index (χ3v) is 6.66. The first-order valence-corrected chi connectivity index (χ1v) is 11.7. The summed E-state index contributed by atoms with van der Waals surface area (Å²) in [5.41, 5.74) is 0.732. The number of nitrogens with zero attached hydrogens (tertiary/aromatic N) is 1. The molecule has 1 amide bonds. The van der Waals surface area contributed by atoms with Crippen LogP contribution < -0.4 is 4.74 Å². The Kier molecular flexibility index (Phi) is 8.25. The fourth-order valence-electron chi connectivity index (χ4n) is 3.32. The Morgan fingerprint density at radius 1 is 1.28 bits per heavy atom. The second-order valence-corrected chi connectivity index (χ2v) is 9.26. The van der Waals surface area contributed by atoms with Crippen LogP contribution in [0.4, 0.5) is 0 Å². The van der Waals surface area contributed by atoms with Gasteiger partial charge in [0.25, 0.3) is 5.91 Å². The molecule has 0 bridgehead atoms. The molecule has 1 aromatic carbocycles. The van der Waals surface area contributed by atoms with Gasteiger partial charge in [-0.1, -0.05) is 25.1 Å². The van der Waals surface area contributed by atoms with E-state index in [1.54, 1.807) is 17.0 Å². The van der Waals surface area contributed by atoms with Crippen LogP contribution in [0.15, 0.2) is 30.3 Å². The largest absolute Gasteiger partial charge is 0.493 e. The number of sulfone groups is 1. The fourth-order valence-corrected chi connectivity index (χ4v) is 5.03. The lowest BCUT2D eigenvalue weighted by Gasteiger charge is -2.33. The van der Waals surface area contributed by atoms with Gasteiger partial charge < -0.3 is 14.4 Å². The van der Waals surface area contributed by atoms with Crippen LogP contribution in [0.25, 0.3) is 6.08 Å². The van der Waals surface area contributed by atoms with Crippen LogP contribution in [0.1, 0.15) is 39.2 Å². The molecular formula is C21H29NO6S. The molecule has 1 saturated heterocycles. The van der Waals surface area contributed by atoms with Crippen LogP contribution in [0.2, 0.25) is 0 Å². The molecule has 0 radical (unpaired) electrons. The van der Waals surface area contributed by atoms with Crippen molar-refractivity contribution >= 4 is 27.8 Å². The molecular weight excluding hydrogens is 394 g/mol. The summed E-state index contributed by atoms with van der Waals surface area (Å²) < 4.78 is 34.2. The van der Waals surface area contributed by atoms with Gasteiger partial charge in [-0.2, -0.15) is 0 Å². The Balaban J connectivity index is 1.98. The van der Waals surface area contributed by atoms with Gasteiger partial charge in [0, 0.05) is 23.7 Å². The van der Waals surface area contributed by atoms with Crippen molar-refractivity contribution in [3.8, 4) is 5.75 Å². The van der Waals surface area contributed by atoms with E-state index < -0.39 is 22.4 Å².